The highest BCUT2D eigenvalue weighted by atomic mass is 32.1. The number of thiophene rings is 1. The Hall–Kier alpha value is -2.50. The number of benzene rings is 1. The van der Waals surface area contributed by atoms with Crippen molar-refractivity contribution in [3.05, 3.63) is 51.3 Å². The number of aromatic nitrogens is 1. The summed E-state index contributed by atoms with van der Waals surface area (Å²) >= 11 is 2.48. The molecule has 0 bridgehead atoms. The summed E-state index contributed by atoms with van der Waals surface area (Å²) < 4.78 is 39.2. The summed E-state index contributed by atoms with van der Waals surface area (Å²) in [4.78, 5) is 33.2. The van der Waals surface area contributed by atoms with Gasteiger partial charge >= 0.3 is 6.18 Å². The molecule has 1 atom stereocenters. The lowest BCUT2D eigenvalue weighted by Gasteiger charge is -2.40. The van der Waals surface area contributed by atoms with Crippen molar-refractivity contribution < 1.29 is 22.8 Å². The lowest BCUT2D eigenvalue weighted by Crippen LogP contribution is -2.61. The summed E-state index contributed by atoms with van der Waals surface area (Å²) in [7, 11) is 0. The fraction of sp³-hybridized carbons (Fsp3) is 0.381. The van der Waals surface area contributed by atoms with Crippen LogP contribution in [0.15, 0.2) is 35.2 Å². The first kappa shape index (κ1) is 21.4. The van der Waals surface area contributed by atoms with E-state index in [1.165, 1.54) is 17.4 Å². The van der Waals surface area contributed by atoms with Crippen molar-refractivity contribution in [2.75, 3.05) is 26.2 Å². The van der Waals surface area contributed by atoms with Gasteiger partial charge in [0.1, 0.15) is 5.69 Å². The molecule has 0 saturated carbocycles. The highest BCUT2D eigenvalue weighted by Crippen LogP contribution is 2.35. The zero-order valence-electron chi connectivity index (χ0n) is 16.8. The first-order valence-corrected chi connectivity index (χ1v) is 11.9. The highest BCUT2D eigenvalue weighted by molar-refractivity contribution is 7.20. The first-order chi connectivity index (χ1) is 15.3. The largest absolute Gasteiger partial charge is 0.416 e. The van der Waals surface area contributed by atoms with Gasteiger partial charge < -0.3 is 15.1 Å². The van der Waals surface area contributed by atoms with E-state index in [0.717, 1.165) is 29.9 Å². The number of rotatable bonds is 4. The predicted octanol–water partition coefficient (Wildman–Crippen LogP) is 3.71. The molecule has 168 valence electrons. The molecular weight excluding hydrogens is 461 g/mol. The van der Waals surface area contributed by atoms with E-state index >= 15 is 0 Å². The number of hydrogen-bond donors (Lipinski definition) is 1. The van der Waals surface area contributed by atoms with Crippen LogP contribution in [-0.4, -0.2) is 64.9 Å². The van der Waals surface area contributed by atoms with Gasteiger partial charge in [-0.05, 0) is 30.0 Å². The molecule has 1 N–H and O–H groups in total. The molecule has 6 nitrogen and oxygen atoms in total. The Morgan fingerprint density at radius 3 is 2.56 bits per heavy atom. The van der Waals surface area contributed by atoms with Gasteiger partial charge in [-0.3, -0.25) is 9.59 Å². The van der Waals surface area contributed by atoms with E-state index in [1.54, 1.807) is 26.8 Å². The molecule has 1 aromatic carbocycles. The molecule has 3 aromatic rings. The molecule has 2 aliphatic rings. The number of amides is 2. The van der Waals surface area contributed by atoms with E-state index in [4.69, 9.17) is 0 Å². The Labute approximate surface area is 189 Å². The lowest BCUT2D eigenvalue weighted by atomic mass is 10.1. The van der Waals surface area contributed by atoms with Crippen LogP contribution in [-0.2, 0) is 6.18 Å². The molecule has 2 aromatic heterocycles. The number of alkyl halides is 3. The van der Waals surface area contributed by atoms with Crippen LogP contribution >= 0.6 is 22.7 Å². The molecule has 0 unspecified atom stereocenters. The van der Waals surface area contributed by atoms with Gasteiger partial charge in [0.25, 0.3) is 11.8 Å². The van der Waals surface area contributed by atoms with Crippen molar-refractivity contribution in [1.29, 1.82) is 0 Å². The Morgan fingerprint density at radius 2 is 1.84 bits per heavy atom. The van der Waals surface area contributed by atoms with Gasteiger partial charge in [0.15, 0.2) is 0 Å². The summed E-state index contributed by atoms with van der Waals surface area (Å²) in [6.07, 6.45) is -3.56. The van der Waals surface area contributed by atoms with Crippen molar-refractivity contribution in [2.24, 2.45) is 0 Å². The molecule has 2 aliphatic heterocycles. The normalized spacial score (nSPS) is 19.5. The van der Waals surface area contributed by atoms with Gasteiger partial charge in [-0.1, -0.05) is 6.07 Å². The molecule has 2 fully saturated rings. The van der Waals surface area contributed by atoms with Crippen molar-refractivity contribution in [2.45, 2.75) is 24.7 Å². The molecule has 11 heteroatoms. The second-order valence-corrected chi connectivity index (χ2v) is 9.85. The number of thiazole rings is 1. The Bertz CT molecular complexity index is 1160. The number of halogens is 3. The van der Waals surface area contributed by atoms with Crippen molar-refractivity contribution in [3.8, 4) is 0 Å². The van der Waals surface area contributed by atoms with E-state index in [2.05, 4.69) is 10.3 Å². The van der Waals surface area contributed by atoms with Crippen LogP contribution in [0.3, 0.4) is 0 Å². The maximum atomic E-state index is 12.9. The van der Waals surface area contributed by atoms with Gasteiger partial charge in [0.05, 0.1) is 16.0 Å². The van der Waals surface area contributed by atoms with E-state index in [9.17, 15) is 22.8 Å². The van der Waals surface area contributed by atoms with Gasteiger partial charge in [0, 0.05) is 48.3 Å². The van der Waals surface area contributed by atoms with Gasteiger partial charge in [-0.2, -0.15) is 13.2 Å². The van der Waals surface area contributed by atoms with Crippen LogP contribution in [0.2, 0.25) is 0 Å². The van der Waals surface area contributed by atoms with E-state index in [0.29, 0.717) is 46.8 Å². The third kappa shape index (κ3) is 4.12. The second kappa shape index (κ2) is 8.13. The number of nitrogens with one attached hydrogen (secondary N) is 1. The van der Waals surface area contributed by atoms with Gasteiger partial charge in [-0.15, -0.1) is 22.7 Å². The quantitative estimate of drug-likeness (QED) is 0.619. The fourth-order valence-electron chi connectivity index (χ4n) is 4.11. The summed E-state index contributed by atoms with van der Waals surface area (Å²) in [5, 5.41) is 5.89. The van der Waals surface area contributed by atoms with Crippen molar-refractivity contribution in [1.82, 2.24) is 20.1 Å². The molecule has 2 saturated heterocycles. The number of nitrogens with zero attached hydrogens (tertiary/aromatic N) is 3. The lowest BCUT2D eigenvalue weighted by molar-refractivity contribution is -0.137. The molecular formula is C21H19F3N4O2S2. The Kier molecular flexibility index (Phi) is 5.42. The highest BCUT2D eigenvalue weighted by Gasteiger charge is 2.36. The Morgan fingerprint density at radius 1 is 1.06 bits per heavy atom. The standard InChI is InChI=1S/C21H19F3N4O2S2/c22-21(23,24)13-2-1-12-5-18(32-17(12)6-13)20(30)28-8-15(9-28)26-14-3-4-27(7-14)19(29)16-10-31-11-25-16/h1-2,5-6,10-11,14-15,26H,3-4,7-9H2/t14-/m0/s1. The summed E-state index contributed by atoms with van der Waals surface area (Å²) in [6, 6.07) is 5.51. The average Bonchev–Trinajstić information content (AvgIpc) is 3.48. The number of fused-ring (bicyclic) bond motifs is 1. The maximum Gasteiger partial charge on any atom is 0.416 e. The molecule has 5 rings (SSSR count). The topological polar surface area (TPSA) is 65.5 Å². The van der Waals surface area contributed by atoms with Crippen LogP contribution in [0.25, 0.3) is 10.1 Å². The molecule has 0 aliphatic carbocycles. The average molecular weight is 481 g/mol. The monoisotopic (exact) mass is 480 g/mol. The minimum absolute atomic E-state index is 0.0561. The van der Waals surface area contributed by atoms with Crippen LogP contribution in [0.1, 0.15) is 32.1 Å². The summed E-state index contributed by atoms with van der Waals surface area (Å²) in [5.41, 5.74) is 1.41. The van der Waals surface area contributed by atoms with E-state index in [-0.39, 0.29) is 23.9 Å². The maximum absolute atomic E-state index is 12.9. The third-order valence-electron chi connectivity index (χ3n) is 5.83. The molecule has 2 amide bonds. The minimum atomic E-state index is -4.40. The van der Waals surface area contributed by atoms with Crippen molar-refractivity contribution in [3.63, 3.8) is 0 Å². The summed E-state index contributed by atoms with van der Waals surface area (Å²) in [6.45, 7) is 2.36. The smallest absolute Gasteiger partial charge is 0.336 e. The van der Waals surface area contributed by atoms with Crippen LogP contribution < -0.4 is 5.32 Å². The number of carbonyl (C=O) groups is 2. The zero-order valence-corrected chi connectivity index (χ0v) is 18.4. The first-order valence-electron chi connectivity index (χ1n) is 10.1. The van der Waals surface area contributed by atoms with E-state index < -0.39 is 11.7 Å². The van der Waals surface area contributed by atoms with Crippen LogP contribution in [0, 0.1) is 0 Å². The third-order valence-corrected chi connectivity index (χ3v) is 7.50. The van der Waals surface area contributed by atoms with Crippen LogP contribution in [0.5, 0.6) is 0 Å². The molecule has 0 spiro atoms. The number of likely N-dealkylation sites (tertiary alicyclic amines) is 2. The predicted molar refractivity (Wildman–Crippen MR) is 116 cm³/mol. The second-order valence-electron chi connectivity index (χ2n) is 8.05. The van der Waals surface area contributed by atoms with Crippen LogP contribution in [0.4, 0.5) is 13.2 Å². The zero-order chi connectivity index (χ0) is 22.5. The number of carbonyl (C=O) groups excluding carboxylic acids is 2. The van der Waals surface area contributed by atoms with Crippen molar-refractivity contribution >= 4 is 44.6 Å². The minimum Gasteiger partial charge on any atom is -0.336 e. The fourth-order valence-corrected chi connectivity index (χ4v) is 5.71. The van der Waals surface area contributed by atoms with E-state index in [1.807, 2.05) is 0 Å². The van der Waals surface area contributed by atoms with Gasteiger partial charge in [-0.25, -0.2) is 4.98 Å². The molecule has 0 radical (unpaired) electrons. The number of hydrogen-bond acceptors (Lipinski definition) is 6. The summed E-state index contributed by atoms with van der Waals surface area (Å²) in [5.74, 6) is -0.219. The van der Waals surface area contributed by atoms with Gasteiger partial charge in [0.2, 0.25) is 0 Å². The SMILES string of the molecule is O=C(c1cscn1)N1CC[C@H](NC2CN(C(=O)c3cc4ccc(C(F)(F)F)cc4s3)C2)C1. The molecule has 4 heterocycles. The Balaban J connectivity index is 1.15. The molecule has 32 heavy (non-hydrogen) atoms.